The van der Waals surface area contributed by atoms with Gasteiger partial charge in [-0.25, -0.2) is 4.98 Å². The van der Waals surface area contributed by atoms with Crippen molar-refractivity contribution >= 4 is 33.8 Å². The number of ketones is 1. The van der Waals surface area contributed by atoms with E-state index >= 15 is 0 Å². The number of thiazole rings is 1. The van der Waals surface area contributed by atoms with Gasteiger partial charge in [0.2, 0.25) is 5.91 Å². The minimum Gasteiger partial charge on any atom is -0.494 e. The van der Waals surface area contributed by atoms with Crippen LogP contribution in [-0.2, 0) is 17.8 Å². The SMILES string of the molecule is CCOc1ccc(CC(=O)NCc2csc(Nc3ccc(C(C)=O)cc3)n2)cc1. The van der Waals surface area contributed by atoms with Crippen LogP contribution in [0.15, 0.2) is 53.9 Å². The molecule has 0 aliphatic heterocycles. The Morgan fingerprint density at radius 3 is 2.45 bits per heavy atom. The summed E-state index contributed by atoms with van der Waals surface area (Å²) in [5, 5.41) is 8.74. The first-order valence-electron chi connectivity index (χ1n) is 9.34. The van der Waals surface area contributed by atoms with Crippen molar-refractivity contribution in [1.82, 2.24) is 10.3 Å². The molecule has 0 atom stereocenters. The molecule has 1 amide bonds. The fraction of sp³-hybridized carbons (Fsp3) is 0.227. The van der Waals surface area contributed by atoms with Gasteiger partial charge in [-0.3, -0.25) is 9.59 Å². The topological polar surface area (TPSA) is 80.3 Å². The molecule has 0 saturated heterocycles. The van der Waals surface area contributed by atoms with Crippen LogP contribution in [0, 0.1) is 0 Å². The first kappa shape index (κ1) is 20.5. The van der Waals surface area contributed by atoms with Crippen LogP contribution in [0.5, 0.6) is 5.75 Å². The van der Waals surface area contributed by atoms with Gasteiger partial charge in [-0.05, 0) is 55.8 Å². The molecule has 150 valence electrons. The molecular weight excluding hydrogens is 386 g/mol. The van der Waals surface area contributed by atoms with E-state index < -0.39 is 0 Å². The molecule has 0 unspecified atom stereocenters. The van der Waals surface area contributed by atoms with Crippen molar-refractivity contribution in [2.24, 2.45) is 0 Å². The Hall–Kier alpha value is -3.19. The van der Waals surface area contributed by atoms with E-state index in [1.165, 1.54) is 11.3 Å². The molecule has 1 heterocycles. The highest BCUT2D eigenvalue weighted by Gasteiger charge is 2.07. The maximum Gasteiger partial charge on any atom is 0.224 e. The van der Waals surface area contributed by atoms with Gasteiger partial charge in [-0.1, -0.05) is 12.1 Å². The van der Waals surface area contributed by atoms with Crippen LogP contribution in [0.4, 0.5) is 10.8 Å². The van der Waals surface area contributed by atoms with E-state index in [1.54, 1.807) is 19.1 Å². The largest absolute Gasteiger partial charge is 0.494 e. The zero-order valence-corrected chi connectivity index (χ0v) is 17.2. The van der Waals surface area contributed by atoms with Crippen LogP contribution in [0.2, 0.25) is 0 Å². The summed E-state index contributed by atoms with van der Waals surface area (Å²) in [6.07, 6.45) is 0.310. The standard InChI is InChI=1S/C22H23N3O3S/c1-3-28-20-10-4-16(5-11-20)12-21(27)23-13-19-14-29-22(25-19)24-18-8-6-17(7-9-18)15(2)26/h4-11,14H,3,12-13H2,1-2H3,(H,23,27)(H,24,25). The number of aromatic nitrogens is 1. The fourth-order valence-corrected chi connectivity index (χ4v) is 3.40. The second-order valence-electron chi connectivity index (χ2n) is 6.43. The molecule has 6 nitrogen and oxygen atoms in total. The minimum atomic E-state index is -0.0588. The molecule has 0 radical (unpaired) electrons. The summed E-state index contributed by atoms with van der Waals surface area (Å²) in [4.78, 5) is 28.0. The highest BCUT2D eigenvalue weighted by Crippen LogP contribution is 2.21. The molecule has 0 fully saturated rings. The molecule has 7 heteroatoms. The van der Waals surface area contributed by atoms with E-state index in [0.717, 1.165) is 27.8 Å². The maximum atomic E-state index is 12.2. The average molecular weight is 410 g/mol. The number of benzene rings is 2. The number of Topliss-reactive ketones (excluding diaryl/α,β-unsaturated/α-hetero) is 1. The van der Waals surface area contributed by atoms with Crippen molar-refractivity contribution in [1.29, 1.82) is 0 Å². The molecular formula is C22H23N3O3S. The second-order valence-corrected chi connectivity index (χ2v) is 7.29. The van der Waals surface area contributed by atoms with Gasteiger partial charge >= 0.3 is 0 Å². The summed E-state index contributed by atoms with van der Waals surface area (Å²) in [5.74, 6) is 0.778. The quantitative estimate of drug-likeness (QED) is 0.514. The van der Waals surface area contributed by atoms with Gasteiger partial charge in [0.15, 0.2) is 10.9 Å². The van der Waals surface area contributed by atoms with Crippen molar-refractivity contribution in [3.8, 4) is 5.75 Å². The third-order valence-corrected chi connectivity index (χ3v) is 4.97. The third-order valence-electron chi connectivity index (χ3n) is 4.16. The number of carbonyl (C=O) groups is 2. The predicted octanol–water partition coefficient (Wildman–Crippen LogP) is 4.35. The number of rotatable bonds is 9. The first-order chi connectivity index (χ1) is 14.0. The summed E-state index contributed by atoms with van der Waals surface area (Å²) in [6, 6.07) is 14.8. The molecule has 3 rings (SSSR count). The Morgan fingerprint density at radius 1 is 1.07 bits per heavy atom. The van der Waals surface area contributed by atoms with Crippen molar-refractivity contribution in [3.05, 3.63) is 70.7 Å². The third kappa shape index (κ3) is 6.15. The van der Waals surface area contributed by atoms with E-state index in [1.807, 2.05) is 48.7 Å². The van der Waals surface area contributed by atoms with Crippen molar-refractivity contribution < 1.29 is 14.3 Å². The minimum absolute atomic E-state index is 0.0362. The molecule has 0 aliphatic rings. The number of amides is 1. The van der Waals surface area contributed by atoms with Crippen molar-refractivity contribution in [2.45, 2.75) is 26.8 Å². The summed E-state index contributed by atoms with van der Waals surface area (Å²) in [7, 11) is 0. The van der Waals surface area contributed by atoms with Gasteiger partial charge in [-0.15, -0.1) is 11.3 Å². The lowest BCUT2D eigenvalue weighted by molar-refractivity contribution is -0.120. The number of hydrogen-bond acceptors (Lipinski definition) is 6. The fourth-order valence-electron chi connectivity index (χ4n) is 2.66. The summed E-state index contributed by atoms with van der Waals surface area (Å²) in [5.41, 5.74) is 3.25. The van der Waals surface area contributed by atoms with Crippen molar-refractivity contribution in [3.63, 3.8) is 0 Å². The van der Waals surface area contributed by atoms with Gasteiger partial charge in [0.25, 0.3) is 0 Å². The number of nitrogens with zero attached hydrogens (tertiary/aromatic N) is 1. The number of nitrogens with one attached hydrogen (secondary N) is 2. The summed E-state index contributed by atoms with van der Waals surface area (Å²) >= 11 is 1.46. The lowest BCUT2D eigenvalue weighted by atomic mass is 10.1. The van der Waals surface area contributed by atoms with Crippen LogP contribution >= 0.6 is 11.3 Å². The lowest BCUT2D eigenvalue weighted by Crippen LogP contribution is -2.24. The van der Waals surface area contributed by atoms with Gasteiger partial charge in [0, 0.05) is 16.6 Å². The van der Waals surface area contributed by atoms with E-state index in [9.17, 15) is 9.59 Å². The van der Waals surface area contributed by atoms with Gasteiger partial charge in [0.1, 0.15) is 5.75 Å². The Kier molecular flexibility index (Phi) is 6.97. The van der Waals surface area contributed by atoms with Gasteiger partial charge in [0.05, 0.1) is 25.3 Å². The number of ether oxygens (including phenoxy) is 1. The van der Waals surface area contributed by atoms with E-state index in [-0.39, 0.29) is 11.7 Å². The molecule has 2 N–H and O–H groups in total. The molecule has 0 aliphatic carbocycles. The van der Waals surface area contributed by atoms with Crippen molar-refractivity contribution in [2.75, 3.05) is 11.9 Å². The predicted molar refractivity (Wildman–Crippen MR) is 115 cm³/mol. The van der Waals surface area contributed by atoms with Crippen LogP contribution in [-0.4, -0.2) is 23.3 Å². The smallest absolute Gasteiger partial charge is 0.224 e. The number of hydrogen-bond donors (Lipinski definition) is 2. The monoisotopic (exact) mass is 409 g/mol. The highest BCUT2D eigenvalue weighted by atomic mass is 32.1. The number of carbonyl (C=O) groups excluding carboxylic acids is 2. The van der Waals surface area contributed by atoms with E-state index in [0.29, 0.717) is 25.1 Å². The normalized spacial score (nSPS) is 10.4. The summed E-state index contributed by atoms with van der Waals surface area (Å²) < 4.78 is 5.40. The van der Waals surface area contributed by atoms with Gasteiger partial charge in [-0.2, -0.15) is 0 Å². The lowest BCUT2D eigenvalue weighted by Gasteiger charge is -2.06. The van der Waals surface area contributed by atoms with Crippen LogP contribution < -0.4 is 15.4 Å². The first-order valence-corrected chi connectivity index (χ1v) is 10.2. The molecule has 29 heavy (non-hydrogen) atoms. The molecule has 0 bridgehead atoms. The molecule has 1 aromatic heterocycles. The number of anilines is 2. The molecule has 0 spiro atoms. The van der Waals surface area contributed by atoms with E-state index in [4.69, 9.17) is 4.74 Å². The van der Waals surface area contributed by atoms with Crippen LogP contribution in [0.25, 0.3) is 0 Å². The average Bonchev–Trinajstić information content (AvgIpc) is 3.16. The van der Waals surface area contributed by atoms with Gasteiger partial charge < -0.3 is 15.4 Å². The zero-order chi connectivity index (χ0) is 20.6. The van der Waals surface area contributed by atoms with E-state index in [2.05, 4.69) is 15.6 Å². The molecule has 3 aromatic rings. The highest BCUT2D eigenvalue weighted by molar-refractivity contribution is 7.13. The Bertz CT molecular complexity index is 966. The Labute approximate surface area is 173 Å². The van der Waals surface area contributed by atoms with Crippen LogP contribution in [0.1, 0.15) is 35.5 Å². The zero-order valence-electron chi connectivity index (χ0n) is 16.4. The molecule has 2 aromatic carbocycles. The van der Waals surface area contributed by atoms with Crippen LogP contribution in [0.3, 0.4) is 0 Å². The Morgan fingerprint density at radius 2 is 1.79 bits per heavy atom. The Balaban J connectivity index is 1.48. The second kappa shape index (κ2) is 9.84. The summed E-state index contributed by atoms with van der Waals surface area (Å²) in [6.45, 7) is 4.47. The maximum absolute atomic E-state index is 12.2. The molecule has 0 saturated carbocycles.